The molecular formula is C26H20FN7O. The highest BCUT2D eigenvalue weighted by Crippen LogP contribution is 2.39. The number of pyridine rings is 3. The van der Waals surface area contributed by atoms with Crippen molar-refractivity contribution < 1.29 is 9.18 Å². The maximum Gasteiger partial charge on any atom is 0.253 e. The smallest absolute Gasteiger partial charge is 0.253 e. The average molecular weight is 465 g/mol. The van der Waals surface area contributed by atoms with Gasteiger partial charge in [-0.2, -0.15) is 0 Å². The van der Waals surface area contributed by atoms with Crippen molar-refractivity contribution >= 4 is 16.9 Å². The van der Waals surface area contributed by atoms with E-state index >= 15 is 0 Å². The molecule has 1 saturated carbocycles. The molecule has 4 aromatic heterocycles. The third-order valence-electron chi connectivity index (χ3n) is 6.25. The number of benzene rings is 1. The monoisotopic (exact) mass is 465 g/mol. The van der Waals surface area contributed by atoms with E-state index in [0.717, 1.165) is 0 Å². The van der Waals surface area contributed by atoms with Gasteiger partial charge >= 0.3 is 0 Å². The number of fused-ring (bicyclic) bond motifs is 1. The summed E-state index contributed by atoms with van der Waals surface area (Å²) in [6.07, 6.45) is 6.25. The van der Waals surface area contributed by atoms with Crippen LogP contribution < -0.4 is 5.32 Å². The molecule has 1 N–H and O–H groups in total. The first-order valence-electron chi connectivity index (χ1n) is 11.3. The molecule has 172 valence electrons. The van der Waals surface area contributed by atoms with Crippen LogP contribution in [-0.4, -0.2) is 41.7 Å². The first kappa shape index (κ1) is 21.0. The highest BCUT2D eigenvalue weighted by atomic mass is 19.1. The third kappa shape index (κ3) is 3.80. The average Bonchev–Trinajstić information content (AvgIpc) is 3.30. The Labute approximate surface area is 199 Å². The van der Waals surface area contributed by atoms with Gasteiger partial charge in [0.25, 0.3) is 5.91 Å². The van der Waals surface area contributed by atoms with Gasteiger partial charge in [0.05, 0.1) is 16.8 Å². The number of carbonyl (C=O) groups excluding carboxylic acids is 1. The Morgan fingerprint density at radius 2 is 1.71 bits per heavy atom. The highest BCUT2D eigenvalue weighted by molar-refractivity contribution is 6.04. The Hall–Kier alpha value is -4.53. The van der Waals surface area contributed by atoms with Crippen molar-refractivity contribution in [3.05, 3.63) is 96.5 Å². The molecule has 1 aromatic carbocycles. The van der Waals surface area contributed by atoms with Crippen LogP contribution in [0.15, 0.2) is 79.3 Å². The van der Waals surface area contributed by atoms with Crippen molar-refractivity contribution in [1.29, 1.82) is 0 Å². The summed E-state index contributed by atoms with van der Waals surface area (Å²) in [7, 11) is 0. The maximum absolute atomic E-state index is 14.8. The Balaban J connectivity index is 1.26. The number of para-hydroxylation sites is 1. The molecule has 0 atom stereocenters. The third-order valence-corrected chi connectivity index (χ3v) is 6.25. The largest absolute Gasteiger partial charge is 0.349 e. The fourth-order valence-electron chi connectivity index (χ4n) is 4.46. The molecule has 9 heteroatoms. The lowest BCUT2D eigenvalue weighted by molar-refractivity contribution is 0.0908. The molecular weight excluding hydrogens is 445 g/mol. The Morgan fingerprint density at radius 1 is 0.886 bits per heavy atom. The molecule has 4 heterocycles. The Kier molecular flexibility index (Phi) is 5.21. The van der Waals surface area contributed by atoms with Crippen molar-refractivity contribution in [2.75, 3.05) is 0 Å². The van der Waals surface area contributed by atoms with Gasteiger partial charge < -0.3 is 5.32 Å². The quantitative estimate of drug-likeness (QED) is 0.420. The molecule has 0 bridgehead atoms. The summed E-state index contributed by atoms with van der Waals surface area (Å²) in [5, 5.41) is 11.9. The molecule has 6 rings (SSSR count). The van der Waals surface area contributed by atoms with Gasteiger partial charge in [-0.1, -0.05) is 18.2 Å². The molecule has 1 aliphatic rings. The van der Waals surface area contributed by atoms with E-state index in [2.05, 4.69) is 30.5 Å². The van der Waals surface area contributed by atoms with Crippen LogP contribution in [0.5, 0.6) is 0 Å². The van der Waals surface area contributed by atoms with Crippen LogP contribution >= 0.6 is 0 Å². The minimum absolute atomic E-state index is 0.0113. The maximum atomic E-state index is 14.8. The van der Waals surface area contributed by atoms with E-state index in [-0.39, 0.29) is 23.7 Å². The fraction of sp³-hybridized carbons (Fsp3) is 0.154. The molecule has 8 nitrogen and oxygen atoms in total. The lowest BCUT2D eigenvalue weighted by Gasteiger charge is -2.35. The summed E-state index contributed by atoms with van der Waals surface area (Å²) in [5.74, 6) is 0.582. The lowest BCUT2D eigenvalue weighted by atomic mass is 9.79. The molecule has 1 amide bonds. The predicted octanol–water partition coefficient (Wildman–Crippen LogP) is 4.09. The number of amides is 1. The Morgan fingerprint density at radius 3 is 2.54 bits per heavy atom. The van der Waals surface area contributed by atoms with Crippen molar-refractivity contribution in [1.82, 2.24) is 35.0 Å². The second kappa shape index (κ2) is 8.68. The summed E-state index contributed by atoms with van der Waals surface area (Å²) in [5.41, 5.74) is 2.71. The number of carbonyl (C=O) groups is 1. The topological polar surface area (TPSA) is 98.5 Å². The molecule has 0 radical (unpaired) electrons. The fourth-order valence-corrected chi connectivity index (χ4v) is 4.46. The van der Waals surface area contributed by atoms with Crippen LogP contribution in [0.3, 0.4) is 0 Å². The van der Waals surface area contributed by atoms with Gasteiger partial charge in [0.15, 0.2) is 5.82 Å². The number of nitrogens with one attached hydrogen (secondary N) is 1. The molecule has 1 fully saturated rings. The van der Waals surface area contributed by atoms with Gasteiger partial charge in [-0.3, -0.25) is 24.3 Å². The van der Waals surface area contributed by atoms with Crippen molar-refractivity contribution in [3.63, 3.8) is 0 Å². The number of hydrogen-bond acceptors (Lipinski definition) is 6. The van der Waals surface area contributed by atoms with Crippen molar-refractivity contribution in [2.45, 2.75) is 24.8 Å². The summed E-state index contributed by atoms with van der Waals surface area (Å²) in [6.45, 7) is 0. The SMILES string of the molecule is O=C(N[C@H]1C[C@H](c2nnc(-c3ccccn3)n2-c2ccccc2F)C1)c1ccnc2cccnc12. The number of aromatic nitrogens is 6. The highest BCUT2D eigenvalue weighted by Gasteiger charge is 2.36. The predicted molar refractivity (Wildman–Crippen MR) is 127 cm³/mol. The van der Waals surface area contributed by atoms with E-state index in [9.17, 15) is 9.18 Å². The molecule has 35 heavy (non-hydrogen) atoms. The van der Waals surface area contributed by atoms with Gasteiger partial charge in [0, 0.05) is 30.6 Å². The molecule has 0 saturated heterocycles. The zero-order valence-electron chi connectivity index (χ0n) is 18.5. The van der Waals surface area contributed by atoms with Crippen molar-refractivity contribution in [3.8, 4) is 17.2 Å². The molecule has 0 unspecified atom stereocenters. The van der Waals surface area contributed by atoms with Crippen LogP contribution in [0, 0.1) is 5.82 Å². The van der Waals surface area contributed by atoms with E-state index in [1.54, 1.807) is 53.5 Å². The zero-order chi connectivity index (χ0) is 23.8. The van der Waals surface area contributed by atoms with Crippen LogP contribution in [0.1, 0.15) is 34.9 Å². The molecule has 0 aliphatic heterocycles. The van der Waals surface area contributed by atoms with Crippen LogP contribution in [0.2, 0.25) is 0 Å². The van der Waals surface area contributed by atoms with E-state index < -0.39 is 0 Å². The number of rotatable bonds is 5. The molecule has 1 aliphatic carbocycles. The summed E-state index contributed by atoms with van der Waals surface area (Å²) < 4.78 is 16.6. The van der Waals surface area contributed by atoms with Gasteiger partial charge in [-0.15, -0.1) is 10.2 Å². The Bertz CT molecular complexity index is 1520. The molecule has 5 aromatic rings. The summed E-state index contributed by atoms with van der Waals surface area (Å²) in [6, 6.07) is 17.3. The van der Waals surface area contributed by atoms with Gasteiger partial charge in [0.2, 0.25) is 0 Å². The van der Waals surface area contributed by atoms with Gasteiger partial charge in [-0.05, 0) is 55.3 Å². The first-order valence-corrected chi connectivity index (χ1v) is 11.3. The second-order valence-corrected chi connectivity index (χ2v) is 8.45. The van der Waals surface area contributed by atoms with Crippen LogP contribution in [-0.2, 0) is 0 Å². The van der Waals surface area contributed by atoms with E-state index in [0.29, 0.717) is 52.5 Å². The number of nitrogens with zero attached hydrogens (tertiary/aromatic N) is 6. The first-order chi connectivity index (χ1) is 17.2. The summed E-state index contributed by atoms with van der Waals surface area (Å²) in [4.78, 5) is 25.9. The van der Waals surface area contributed by atoms with E-state index in [1.807, 2.05) is 24.3 Å². The van der Waals surface area contributed by atoms with Gasteiger partial charge in [-0.25, -0.2) is 4.39 Å². The van der Waals surface area contributed by atoms with Crippen molar-refractivity contribution in [2.24, 2.45) is 0 Å². The summed E-state index contributed by atoms with van der Waals surface area (Å²) >= 11 is 0. The second-order valence-electron chi connectivity index (χ2n) is 8.45. The number of halogens is 1. The zero-order valence-corrected chi connectivity index (χ0v) is 18.5. The van der Waals surface area contributed by atoms with E-state index in [1.165, 1.54) is 6.07 Å². The number of hydrogen-bond donors (Lipinski definition) is 1. The lowest BCUT2D eigenvalue weighted by Crippen LogP contribution is -2.44. The van der Waals surface area contributed by atoms with Gasteiger partial charge in [0.1, 0.15) is 22.9 Å². The minimum atomic E-state index is -0.369. The molecule has 0 spiro atoms. The standard InChI is InChI=1S/C26H20FN7O/c27-19-6-1-2-9-22(19)34-24(32-33-25(34)21-7-3-4-11-28-21)16-14-17(15-16)31-26(35)18-10-13-29-20-8-5-12-30-23(18)20/h1-13,16-17H,14-15H2,(H,31,35)/t16-,17-. The van der Waals surface area contributed by atoms with E-state index in [4.69, 9.17) is 0 Å². The minimum Gasteiger partial charge on any atom is -0.349 e. The van der Waals surface area contributed by atoms with Crippen LogP contribution in [0.25, 0.3) is 28.2 Å². The normalized spacial score (nSPS) is 17.2. The van der Waals surface area contributed by atoms with Crippen LogP contribution in [0.4, 0.5) is 4.39 Å².